The Bertz CT molecular complexity index is 310. The summed E-state index contributed by atoms with van der Waals surface area (Å²) >= 11 is 1.47. The maximum absolute atomic E-state index is 3.90. The van der Waals surface area contributed by atoms with Gasteiger partial charge in [0.15, 0.2) is 0 Å². The van der Waals surface area contributed by atoms with Crippen molar-refractivity contribution >= 4 is 11.5 Å². The summed E-state index contributed by atoms with van der Waals surface area (Å²) in [5.74, 6) is 6.01. The third-order valence-electron chi connectivity index (χ3n) is 2.10. The first kappa shape index (κ1) is 12.2. The predicted molar refractivity (Wildman–Crippen MR) is 63.6 cm³/mol. The zero-order valence-corrected chi connectivity index (χ0v) is 10.1. The molecule has 0 aliphatic rings. The number of aromatic nitrogens is 2. The summed E-state index contributed by atoms with van der Waals surface area (Å²) in [5.41, 5.74) is 0. The Kier molecular flexibility index (Phi) is 5.98. The van der Waals surface area contributed by atoms with E-state index < -0.39 is 0 Å². The Morgan fingerprint density at radius 3 is 3.07 bits per heavy atom. The third kappa shape index (κ3) is 4.41. The fraction of sp³-hybridized carbons (Fsp3) is 0.636. The molecule has 0 aromatic carbocycles. The molecule has 1 atom stereocenters. The van der Waals surface area contributed by atoms with Crippen LogP contribution in [0.25, 0.3) is 0 Å². The Morgan fingerprint density at radius 1 is 1.60 bits per heavy atom. The second-order valence-corrected chi connectivity index (χ2v) is 4.11. The first-order valence-corrected chi connectivity index (χ1v) is 6.06. The van der Waals surface area contributed by atoms with Gasteiger partial charge in [0.25, 0.3) is 0 Å². The minimum Gasteiger partial charge on any atom is -0.309 e. The molecule has 1 aromatic heterocycles. The van der Waals surface area contributed by atoms with E-state index in [4.69, 9.17) is 0 Å². The van der Waals surface area contributed by atoms with Crippen LogP contribution in [0.4, 0.5) is 0 Å². The Morgan fingerprint density at radius 2 is 2.47 bits per heavy atom. The first-order valence-electron chi connectivity index (χ1n) is 5.28. The predicted octanol–water partition coefficient (Wildman–Crippen LogP) is 2.38. The Balaban J connectivity index is 2.48. The van der Waals surface area contributed by atoms with Crippen LogP contribution < -0.4 is 5.32 Å². The summed E-state index contributed by atoms with van der Waals surface area (Å²) in [6.45, 7) is 5.08. The second-order valence-electron chi connectivity index (χ2n) is 3.29. The molecule has 1 heterocycles. The van der Waals surface area contributed by atoms with Gasteiger partial charge in [-0.25, -0.2) is 0 Å². The number of nitrogens with one attached hydrogen (secondary N) is 1. The van der Waals surface area contributed by atoms with Crippen LogP contribution in [0.15, 0.2) is 6.20 Å². The van der Waals surface area contributed by atoms with Gasteiger partial charge in [-0.05, 0) is 37.8 Å². The third-order valence-corrected chi connectivity index (χ3v) is 2.87. The Hall–Kier alpha value is -0.920. The molecule has 1 N–H and O–H groups in total. The van der Waals surface area contributed by atoms with E-state index >= 15 is 0 Å². The topological polar surface area (TPSA) is 37.8 Å². The number of rotatable bonds is 6. The quantitative estimate of drug-likeness (QED) is 0.752. The van der Waals surface area contributed by atoms with Crippen molar-refractivity contribution < 1.29 is 0 Å². The SMILES string of the molecule is CC#CCCC(NCCC)c1cnns1. The van der Waals surface area contributed by atoms with Gasteiger partial charge in [0, 0.05) is 12.5 Å². The molecule has 82 valence electrons. The van der Waals surface area contributed by atoms with E-state index in [9.17, 15) is 0 Å². The van der Waals surface area contributed by atoms with Crippen LogP contribution in [-0.2, 0) is 0 Å². The van der Waals surface area contributed by atoms with E-state index in [-0.39, 0.29) is 0 Å². The van der Waals surface area contributed by atoms with Gasteiger partial charge >= 0.3 is 0 Å². The van der Waals surface area contributed by atoms with Crippen LogP contribution in [0.5, 0.6) is 0 Å². The molecule has 4 heteroatoms. The van der Waals surface area contributed by atoms with Gasteiger partial charge in [0.2, 0.25) is 0 Å². The van der Waals surface area contributed by atoms with Gasteiger partial charge in [-0.15, -0.1) is 16.9 Å². The average molecular weight is 223 g/mol. The highest BCUT2D eigenvalue weighted by molar-refractivity contribution is 7.05. The fourth-order valence-electron chi connectivity index (χ4n) is 1.33. The van der Waals surface area contributed by atoms with E-state index in [1.165, 1.54) is 16.4 Å². The van der Waals surface area contributed by atoms with E-state index in [1.54, 1.807) is 0 Å². The molecule has 0 aliphatic heterocycles. The van der Waals surface area contributed by atoms with Crippen LogP contribution >= 0.6 is 11.5 Å². The monoisotopic (exact) mass is 223 g/mol. The molecule has 0 saturated heterocycles. The van der Waals surface area contributed by atoms with Crippen molar-refractivity contribution in [1.82, 2.24) is 14.9 Å². The van der Waals surface area contributed by atoms with Crippen molar-refractivity contribution in [2.24, 2.45) is 0 Å². The van der Waals surface area contributed by atoms with Crippen LogP contribution in [0.3, 0.4) is 0 Å². The van der Waals surface area contributed by atoms with Gasteiger partial charge in [-0.1, -0.05) is 11.4 Å². The largest absolute Gasteiger partial charge is 0.309 e. The van der Waals surface area contributed by atoms with Crippen LogP contribution in [0, 0.1) is 11.8 Å². The standard InChI is InChI=1S/C11H17N3S/c1-3-5-6-7-10(12-8-4-2)11-9-13-14-15-11/h9-10,12H,4,6-8H2,1-2H3. The summed E-state index contributed by atoms with van der Waals surface area (Å²) in [7, 11) is 0. The van der Waals surface area contributed by atoms with Crippen molar-refractivity contribution in [3.63, 3.8) is 0 Å². The second kappa shape index (κ2) is 7.38. The highest BCUT2D eigenvalue weighted by Crippen LogP contribution is 2.20. The molecule has 15 heavy (non-hydrogen) atoms. The normalized spacial score (nSPS) is 11.9. The van der Waals surface area contributed by atoms with Crippen molar-refractivity contribution in [1.29, 1.82) is 0 Å². The number of hydrogen-bond acceptors (Lipinski definition) is 4. The van der Waals surface area contributed by atoms with Crippen LogP contribution in [0.2, 0.25) is 0 Å². The van der Waals surface area contributed by atoms with E-state index in [2.05, 4.69) is 33.7 Å². The zero-order valence-electron chi connectivity index (χ0n) is 9.29. The molecular formula is C11H17N3S. The van der Waals surface area contributed by atoms with Crippen LogP contribution in [-0.4, -0.2) is 16.1 Å². The molecule has 0 saturated carbocycles. The average Bonchev–Trinajstić information content (AvgIpc) is 2.76. The van der Waals surface area contributed by atoms with E-state index in [1.807, 2.05) is 13.1 Å². The molecule has 1 unspecified atom stereocenters. The molecule has 0 amide bonds. The first-order chi connectivity index (χ1) is 7.38. The van der Waals surface area contributed by atoms with Gasteiger partial charge in [0.1, 0.15) is 0 Å². The molecule has 3 nitrogen and oxygen atoms in total. The molecule has 1 aromatic rings. The summed E-state index contributed by atoms with van der Waals surface area (Å²) in [5, 5.41) is 7.37. The highest BCUT2D eigenvalue weighted by atomic mass is 32.1. The van der Waals surface area contributed by atoms with Gasteiger partial charge < -0.3 is 5.32 Å². The van der Waals surface area contributed by atoms with Gasteiger partial charge in [0.05, 0.1) is 11.1 Å². The number of nitrogens with zero attached hydrogens (tertiary/aromatic N) is 2. The number of hydrogen-bond donors (Lipinski definition) is 1. The minimum atomic E-state index is 0.366. The lowest BCUT2D eigenvalue weighted by atomic mass is 10.1. The van der Waals surface area contributed by atoms with Crippen LogP contribution in [0.1, 0.15) is 44.0 Å². The molecular weight excluding hydrogens is 206 g/mol. The fourth-order valence-corrected chi connectivity index (χ4v) is 1.94. The maximum atomic E-state index is 3.90. The lowest BCUT2D eigenvalue weighted by molar-refractivity contribution is 0.512. The van der Waals surface area contributed by atoms with Gasteiger partial charge in [-0.3, -0.25) is 0 Å². The minimum absolute atomic E-state index is 0.366. The summed E-state index contributed by atoms with van der Waals surface area (Å²) in [6, 6.07) is 0.366. The van der Waals surface area contributed by atoms with Gasteiger partial charge in [-0.2, -0.15) is 0 Å². The smallest absolute Gasteiger partial charge is 0.0669 e. The molecule has 0 aliphatic carbocycles. The molecule has 0 spiro atoms. The lowest BCUT2D eigenvalue weighted by Gasteiger charge is -2.14. The van der Waals surface area contributed by atoms with Crippen molar-refractivity contribution in [2.75, 3.05) is 6.54 Å². The molecule has 1 rings (SSSR count). The molecule has 0 radical (unpaired) electrons. The van der Waals surface area contributed by atoms with Crippen molar-refractivity contribution in [2.45, 2.75) is 39.2 Å². The maximum Gasteiger partial charge on any atom is 0.0669 e. The zero-order chi connectivity index (χ0) is 10.9. The van der Waals surface area contributed by atoms with E-state index in [0.717, 1.165) is 25.8 Å². The summed E-state index contributed by atoms with van der Waals surface area (Å²) < 4.78 is 3.90. The summed E-state index contributed by atoms with van der Waals surface area (Å²) in [4.78, 5) is 1.21. The van der Waals surface area contributed by atoms with Crippen molar-refractivity contribution in [3.8, 4) is 11.8 Å². The van der Waals surface area contributed by atoms with Crippen molar-refractivity contribution in [3.05, 3.63) is 11.1 Å². The highest BCUT2D eigenvalue weighted by Gasteiger charge is 2.11. The molecule has 0 fully saturated rings. The molecule has 0 bridgehead atoms. The lowest BCUT2D eigenvalue weighted by Crippen LogP contribution is -2.21. The summed E-state index contributed by atoms with van der Waals surface area (Å²) in [6.07, 6.45) is 4.94. The van der Waals surface area contributed by atoms with E-state index in [0.29, 0.717) is 6.04 Å². The Labute approximate surface area is 95.5 Å².